The second kappa shape index (κ2) is 9.68. The molecule has 0 aliphatic rings. The molecule has 0 saturated carbocycles. The Morgan fingerprint density at radius 2 is 1.83 bits per heavy atom. The van der Waals surface area contributed by atoms with E-state index in [1.54, 1.807) is 0 Å². The summed E-state index contributed by atoms with van der Waals surface area (Å²) in [5.41, 5.74) is 5.67. The zero-order valence-electron chi connectivity index (χ0n) is 11.0. The molecule has 0 aliphatic carbocycles. The number of carbonyl (C=O) groups excluding carboxylic acids is 1. The van der Waals surface area contributed by atoms with Gasteiger partial charge in [0.05, 0.1) is 0 Å². The average Bonchev–Trinajstić information content (AvgIpc) is 2.28. The maximum Gasteiger partial charge on any atom is 0.452 e. The van der Waals surface area contributed by atoms with E-state index in [0.29, 0.717) is 6.32 Å². The van der Waals surface area contributed by atoms with Crippen LogP contribution in [-0.4, -0.2) is 23.1 Å². The van der Waals surface area contributed by atoms with Crippen LogP contribution >= 0.6 is 0 Å². The fourth-order valence-electron chi connectivity index (χ4n) is 1.75. The highest BCUT2D eigenvalue weighted by Crippen LogP contribution is 2.25. The van der Waals surface area contributed by atoms with Gasteiger partial charge in [0.25, 0.3) is 0 Å². The summed E-state index contributed by atoms with van der Waals surface area (Å²) in [4.78, 5) is 9.22. The van der Waals surface area contributed by atoms with Crippen LogP contribution in [0, 0.1) is 0 Å². The molecule has 18 heavy (non-hydrogen) atoms. The van der Waals surface area contributed by atoms with Gasteiger partial charge in [-0.2, -0.15) is 0 Å². The van der Waals surface area contributed by atoms with Crippen molar-refractivity contribution in [1.82, 2.24) is 0 Å². The first-order chi connectivity index (χ1) is 8.47. The lowest BCUT2D eigenvalue weighted by Crippen LogP contribution is -2.15. The van der Waals surface area contributed by atoms with Crippen LogP contribution in [0.3, 0.4) is 0 Å². The first-order valence-electron chi connectivity index (χ1n) is 6.14. The van der Waals surface area contributed by atoms with Gasteiger partial charge in [0, 0.05) is 6.92 Å². The number of benzene rings is 1. The maximum absolute atomic E-state index is 9.22. The van der Waals surface area contributed by atoms with Gasteiger partial charge in [0.1, 0.15) is 0 Å². The second-order valence-corrected chi connectivity index (χ2v) is 4.22. The van der Waals surface area contributed by atoms with E-state index in [1.807, 2.05) is 30.3 Å². The SMILES string of the molecule is CC(N)=O.CCCC(CB(O)O)c1ccccc1. The van der Waals surface area contributed by atoms with Crippen molar-refractivity contribution in [3.05, 3.63) is 35.9 Å². The van der Waals surface area contributed by atoms with Gasteiger partial charge in [-0.05, 0) is 24.2 Å². The molecular formula is C13H22BNO3. The second-order valence-electron chi connectivity index (χ2n) is 4.22. The van der Waals surface area contributed by atoms with Crippen molar-refractivity contribution >= 4 is 13.0 Å². The molecule has 0 bridgehead atoms. The molecule has 0 fully saturated rings. The minimum absolute atomic E-state index is 0.265. The van der Waals surface area contributed by atoms with Gasteiger partial charge in [-0.25, -0.2) is 0 Å². The van der Waals surface area contributed by atoms with Crippen molar-refractivity contribution in [1.29, 1.82) is 0 Å². The smallest absolute Gasteiger partial charge is 0.427 e. The van der Waals surface area contributed by atoms with Gasteiger partial charge < -0.3 is 15.8 Å². The van der Waals surface area contributed by atoms with Crippen LogP contribution in [0.4, 0.5) is 0 Å². The van der Waals surface area contributed by atoms with Crippen molar-refractivity contribution in [3.63, 3.8) is 0 Å². The van der Waals surface area contributed by atoms with Crippen LogP contribution in [0.1, 0.15) is 38.2 Å². The molecule has 4 nitrogen and oxygen atoms in total. The van der Waals surface area contributed by atoms with E-state index in [1.165, 1.54) is 12.5 Å². The third-order valence-electron chi connectivity index (χ3n) is 2.40. The molecule has 1 unspecified atom stereocenters. The highest BCUT2D eigenvalue weighted by molar-refractivity contribution is 6.41. The predicted octanol–water partition coefficient (Wildman–Crippen LogP) is 1.53. The van der Waals surface area contributed by atoms with Gasteiger partial charge in [-0.15, -0.1) is 0 Å². The summed E-state index contributed by atoms with van der Waals surface area (Å²) in [5.74, 6) is -0.0683. The number of carbonyl (C=O) groups is 1. The Bertz CT molecular complexity index is 326. The average molecular weight is 251 g/mol. The van der Waals surface area contributed by atoms with Crippen LogP contribution in [-0.2, 0) is 4.79 Å². The van der Waals surface area contributed by atoms with Crippen LogP contribution in [0.15, 0.2) is 30.3 Å². The van der Waals surface area contributed by atoms with Gasteiger partial charge in [0.2, 0.25) is 5.91 Å². The first kappa shape index (κ1) is 16.7. The summed E-state index contributed by atoms with van der Waals surface area (Å²) in [6.07, 6.45) is 2.49. The molecule has 1 aromatic carbocycles. The Hall–Kier alpha value is -1.33. The van der Waals surface area contributed by atoms with Crippen molar-refractivity contribution in [2.75, 3.05) is 0 Å². The minimum atomic E-state index is -1.20. The fraction of sp³-hybridized carbons (Fsp3) is 0.462. The molecule has 100 valence electrons. The monoisotopic (exact) mass is 251 g/mol. The summed E-state index contributed by atoms with van der Waals surface area (Å²) < 4.78 is 0. The Morgan fingerprint density at radius 3 is 2.22 bits per heavy atom. The Labute approximate surface area is 109 Å². The molecule has 1 atom stereocenters. The number of rotatable bonds is 5. The van der Waals surface area contributed by atoms with Crippen molar-refractivity contribution in [3.8, 4) is 0 Å². The van der Waals surface area contributed by atoms with Crippen LogP contribution in [0.2, 0.25) is 6.32 Å². The minimum Gasteiger partial charge on any atom is -0.427 e. The van der Waals surface area contributed by atoms with Crippen LogP contribution in [0.25, 0.3) is 0 Å². The molecule has 0 aromatic heterocycles. The standard InChI is InChI=1S/C11H17BO2.C2H5NO/c1-2-6-11(9-12(13)14)10-7-4-3-5-8-10;1-2(3)4/h3-5,7-8,11,13-14H,2,6,9H2,1H3;1H3,(H2,3,4). The molecule has 1 aromatic rings. The zero-order chi connectivity index (χ0) is 14.0. The zero-order valence-corrected chi connectivity index (χ0v) is 11.0. The number of hydrogen-bond donors (Lipinski definition) is 3. The van der Waals surface area contributed by atoms with Gasteiger partial charge >= 0.3 is 7.12 Å². The van der Waals surface area contributed by atoms with Crippen LogP contribution < -0.4 is 5.73 Å². The Balaban J connectivity index is 0.000000631. The van der Waals surface area contributed by atoms with Crippen molar-refractivity contribution < 1.29 is 14.8 Å². The number of amides is 1. The largest absolute Gasteiger partial charge is 0.452 e. The molecule has 0 saturated heterocycles. The Morgan fingerprint density at radius 1 is 1.33 bits per heavy atom. The maximum atomic E-state index is 9.22. The first-order valence-corrected chi connectivity index (χ1v) is 6.14. The summed E-state index contributed by atoms with van der Waals surface area (Å²) in [6, 6.07) is 10.0. The number of hydrogen-bond acceptors (Lipinski definition) is 3. The van der Waals surface area contributed by atoms with E-state index in [9.17, 15) is 4.79 Å². The molecule has 0 radical (unpaired) electrons. The normalized spacial score (nSPS) is 11.1. The quantitative estimate of drug-likeness (QED) is 0.694. The van der Waals surface area contributed by atoms with E-state index in [0.717, 1.165) is 12.8 Å². The van der Waals surface area contributed by atoms with Crippen molar-refractivity contribution in [2.45, 2.75) is 38.9 Å². The van der Waals surface area contributed by atoms with E-state index < -0.39 is 7.12 Å². The third-order valence-corrected chi connectivity index (χ3v) is 2.40. The summed E-state index contributed by atoms with van der Waals surface area (Å²) >= 11 is 0. The van der Waals surface area contributed by atoms with Crippen LogP contribution in [0.5, 0.6) is 0 Å². The third kappa shape index (κ3) is 8.78. The molecule has 0 heterocycles. The molecule has 4 N–H and O–H groups in total. The lowest BCUT2D eigenvalue weighted by Gasteiger charge is -2.15. The molecule has 0 aliphatic heterocycles. The van der Waals surface area contributed by atoms with E-state index in [4.69, 9.17) is 10.0 Å². The van der Waals surface area contributed by atoms with E-state index in [2.05, 4.69) is 12.7 Å². The lowest BCUT2D eigenvalue weighted by molar-refractivity contribution is -0.115. The summed E-state index contributed by atoms with van der Waals surface area (Å²) in [7, 11) is -1.20. The number of nitrogens with two attached hydrogens (primary N) is 1. The summed E-state index contributed by atoms with van der Waals surface area (Å²) in [6.45, 7) is 3.42. The molecule has 0 spiro atoms. The fourth-order valence-corrected chi connectivity index (χ4v) is 1.75. The molecule has 1 rings (SSSR count). The molecular weight excluding hydrogens is 229 g/mol. The number of primary amides is 1. The summed E-state index contributed by atoms with van der Waals surface area (Å²) in [5, 5.41) is 17.9. The molecule has 5 heteroatoms. The van der Waals surface area contributed by atoms with Gasteiger partial charge in [-0.1, -0.05) is 43.7 Å². The van der Waals surface area contributed by atoms with E-state index >= 15 is 0 Å². The van der Waals surface area contributed by atoms with Gasteiger partial charge in [0.15, 0.2) is 0 Å². The topological polar surface area (TPSA) is 83.6 Å². The van der Waals surface area contributed by atoms with Gasteiger partial charge in [-0.3, -0.25) is 4.79 Å². The van der Waals surface area contributed by atoms with Crippen molar-refractivity contribution in [2.24, 2.45) is 5.73 Å². The highest BCUT2D eigenvalue weighted by Gasteiger charge is 2.17. The molecule has 1 amide bonds. The van der Waals surface area contributed by atoms with E-state index in [-0.39, 0.29) is 11.8 Å². The lowest BCUT2D eigenvalue weighted by atomic mass is 9.74. The predicted molar refractivity (Wildman–Crippen MR) is 74.0 cm³/mol. The Kier molecular flexibility index (Phi) is 8.97. The highest BCUT2D eigenvalue weighted by atomic mass is 16.4.